The van der Waals surface area contributed by atoms with Crippen molar-refractivity contribution < 1.29 is 28.9 Å². The summed E-state index contributed by atoms with van der Waals surface area (Å²) in [4.78, 5) is 35.2. The van der Waals surface area contributed by atoms with E-state index in [9.17, 15) is 9.59 Å². The minimum atomic E-state index is -1.55. The Morgan fingerprint density at radius 1 is 0.818 bits per heavy atom. The van der Waals surface area contributed by atoms with E-state index in [1.807, 2.05) is 124 Å². The normalized spacial score (nSPS) is 16.5. The third kappa shape index (κ3) is 10.4. The van der Waals surface area contributed by atoms with Gasteiger partial charge in [0, 0.05) is 41.3 Å². The Morgan fingerprint density at radius 2 is 1.45 bits per heavy atom. The van der Waals surface area contributed by atoms with Crippen LogP contribution in [-0.4, -0.2) is 47.2 Å². The number of amides is 1. The van der Waals surface area contributed by atoms with Crippen molar-refractivity contribution in [2.24, 2.45) is 4.99 Å². The molecule has 0 aliphatic carbocycles. The first kappa shape index (κ1) is 39.3. The smallest absolute Gasteiger partial charge is 0.306 e. The Bertz CT molecular complexity index is 2050. The van der Waals surface area contributed by atoms with Crippen molar-refractivity contribution in [2.75, 3.05) is 13.2 Å². The van der Waals surface area contributed by atoms with Gasteiger partial charge in [0.25, 0.3) is 5.91 Å². The number of aliphatic hydroxyl groups is 1. The summed E-state index contributed by atoms with van der Waals surface area (Å²) in [6, 6.07) is 43.3. The minimum Gasteiger partial charge on any atom is -0.494 e. The summed E-state index contributed by atoms with van der Waals surface area (Å²) in [7, 11) is 0. The number of hydrazine groups is 1. The van der Waals surface area contributed by atoms with Crippen molar-refractivity contribution >= 4 is 29.5 Å². The highest BCUT2D eigenvalue weighted by molar-refractivity contribution is 7.99. The molecule has 1 amide bonds. The zero-order valence-electron chi connectivity index (χ0n) is 31.4. The van der Waals surface area contributed by atoms with Gasteiger partial charge in [-0.05, 0) is 91.9 Å². The standard InChI is InChI=1S/C45H47N3O6S/c1-44(2,3)54-40(50)27-28-45(43(51)48-46-31-36-15-10-11-18-39(36)55-38-16-8-5-9-17-38)41(34-21-19-33(20-22-34)32-13-6-4-7-14-32)53-42(47-45)35-23-25-37(26-24-35)52-30-12-29-49/h4-11,13-26,41,46,49H,12,27-31H2,1-3H3,(H,48,51)/t41-,45-/m0/s1. The first-order valence-corrected chi connectivity index (χ1v) is 19.3. The maximum Gasteiger partial charge on any atom is 0.306 e. The lowest BCUT2D eigenvalue weighted by Crippen LogP contribution is -2.52. The number of benzene rings is 5. The summed E-state index contributed by atoms with van der Waals surface area (Å²) in [5.41, 5.74) is 8.29. The van der Waals surface area contributed by atoms with E-state index in [4.69, 9.17) is 24.3 Å². The van der Waals surface area contributed by atoms with Crippen LogP contribution in [0.3, 0.4) is 0 Å². The van der Waals surface area contributed by atoms with Crippen molar-refractivity contribution in [1.82, 2.24) is 10.9 Å². The van der Waals surface area contributed by atoms with E-state index in [1.165, 1.54) is 0 Å². The van der Waals surface area contributed by atoms with Crippen LogP contribution in [0.1, 0.15) is 62.8 Å². The molecule has 0 radical (unpaired) electrons. The van der Waals surface area contributed by atoms with Crippen LogP contribution >= 0.6 is 11.8 Å². The Morgan fingerprint density at radius 3 is 2.15 bits per heavy atom. The number of nitrogens with zero attached hydrogens (tertiary/aromatic N) is 1. The molecule has 284 valence electrons. The quantitative estimate of drug-likeness (QED) is 0.0522. The van der Waals surface area contributed by atoms with Gasteiger partial charge in [-0.2, -0.15) is 0 Å². The Kier molecular flexibility index (Phi) is 13.0. The molecule has 6 rings (SSSR count). The third-order valence-electron chi connectivity index (χ3n) is 8.91. The second kappa shape index (κ2) is 18.3. The number of aliphatic imine (C=N–C) groups is 1. The molecule has 5 aromatic rings. The summed E-state index contributed by atoms with van der Waals surface area (Å²) < 4.78 is 18.1. The zero-order chi connectivity index (χ0) is 38.7. The molecule has 0 unspecified atom stereocenters. The molecule has 0 saturated carbocycles. The van der Waals surface area contributed by atoms with Gasteiger partial charge in [-0.3, -0.25) is 15.0 Å². The molecule has 9 nitrogen and oxygen atoms in total. The van der Waals surface area contributed by atoms with Gasteiger partial charge >= 0.3 is 5.97 Å². The summed E-state index contributed by atoms with van der Waals surface area (Å²) in [6.45, 7) is 6.20. The third-order valence-corrected chi connectivity index (χ3v) is 10.0. The van der Waals surface area contributed by atoms with Crippen LogP contribution in [0.15, 0.2) is 148 Å². The zero-order valence-corrected chi connectivity index (χ0v) is 32.2. The monoisotopic (exact) mass is 757 g/mol. The van der Waals surface area contributed by atoms with Crippen LogP contribution in [0.25, 0.3) is 11.1 Å². The van der Waals surface area contributed by atoms with Crippen LogP contribution in [0.2, 0.25) is 0 Å². The molecule has 1 aliphatic heterocycles. The fourth-order valence-corrected chi connectivity index (χ4v) is 7.19. The van der Waals surface area contributed by atoms with Crippen LogP contribution in [0, 0.1) is 0 Å². The molecular formula is C45H47N3O6S. The average molecular weight is 758 g/mol. The van der Waals surface area contributed by atoms with Gasteiger partial charge < -0.3 is 19.3 Å². The van der Waals surface area contributed by atoms with E-state index < -0.39 is 29.1 Å². The topological polar surface area (TPSA) is 118 Å². The largest absolute Gasteiger partial charge is 0.494 e. The van der Waals surface area contributed by atoms with E-state index in [0.717, 1.165) is 32.0 Å². The number of aliphatic hydroxyl groups excluding tert-OH is 1. The lowest BCUT2D eigenvalue weighted by molar-refractivity contribution is -0.155. The van der Waals surface area contributed by atoms with Gasteiger partial charge in [0.15, 0.2) is 11.6 Å². The molecule has 1 heterocycles. The lowest BCUT2D eigenvalue weighted by atomic mass is 9.83. The molecule has 55 heavy (non-hydrogen) atoms. The molecule has 10 heteroatoms. The molecular weight excluding hydrogens is 711 g/mol. The van der Waals surface area contributed by atoms with Crippen LogP contribution in [0.5, 0.6) is 5.75 Å². The van der Waals surface area contributed by atoms with E-state index >= 15 is 0 Å². The highest BCUT2D eigenvalue weighted by Gasteiger charge is 2.53. The second-order valence-corrected chi connectivity index (χ2v) is 15.3. The van der Waals surface area contributed by atoms with E-state index in [2.05, 4.69) is 29.1 Å². The van der Waals surface area contributed by atoms with E-state index in [-0.39, 0.29) is 25.3 Å². The molecule has 0 aromatic heterocycles. The number of carbonyl (C=O) groups excluding carboxylic acids is 2. The number of ether oxygens (including phenoxy) is 3. The molecule has 0 fully saturated rings. The molecule has 2 atom stereocenters. The van der Waals surface area contributed by atoms with Gasteiger partial charge in [0.1, 0.15) is 11.4 Å². The molecule has 0 spiro atoms. The second-order valence-electron chi connectivity index (χ2n) is 14.2. The summed E-state index contributed by atoms with van der Waals surface area (Å²) in [5, 5.41) is 9.15. The number of hydrogen-bond acceptors (Lipinski definition) is 9. The van der Waals surface area contributed by atoms with Gasteiger partial charge in [-0.25, -0.2) is 10.4 Å². The summed E-state index contributed by atoms with van der Waals surface area (Å²) in [6.07, 6.45) is -0.411. The van der Waals surface area contributed by atoms with Crippen molar-refractivity contribution in [3.05, 3.63) is 150 Å². The molecule has 1 aliphatic rings. The molecule has 5 aromatic carbocycles. The van der Waals surface area contributed by atoms with Gasteiger partial charge in [0.05, 0.1) is 6.61 Å². The van der Waals surface area contributed by atoms with Gasteiger partial charge in [0.2, 0.25) is 5.90 Å². The van der Waals surface area contributed by atoms with Crippen molar-refractivity contribution in [3.63, 3.8) is 0 Å². The number of nitrogens with one attached hydrogen (secondary N) is 2. The Labute approximate surface area is 327 Å². The lowest BCUT2D eigenvalue weighted by Gasteiger charge is -2.31. The predicted molar refractivity (Wildman–Crippen MR) is 216 cm³/mol. The van der Waals surface area contributed by atoms with E-state index in [0.29, 0.717) is 30.9 Å². The predicted octanol–water partition coefficient (Wildman–Crippen LogP) is 8.47. The summed E-state index contributed by atoms with van der Waals surface area (Å²) >= 11 is 1.65. The molecule has 3 N–H and O–H groups in total. The number of esters is 1. The number of hydrogen-bond donors (Lipinski definition) is 3. The van der Waals surface area contributed by atoms with Gasteiger partial charge in [-0.1, -0.05) is 103 Å². The fraction of sp³-hybridized carbons (Fsp3) is 0.267. The van der Waals surface area contributed by atoms with Crippen molar-refractivity contribution in [2.45, 2.75) is 73.6 Å². The van der Waals surface area contributed by atoms with Crippen LogP contribution in [0.4, 0.5) is 0 Å². The van der Waals surface area contributed by atoms with Crippen LogP contribution in [-0.2, 0) is 25.6 Å². The van der Waals surface area contributed by atoms with Crippen LogP contribution < -0.4 is 15.6 Å². The molecule has 0 bridgehead atoms. The van der Waals surface area contributed by atoms with Gasteiger partial charge in [-0.15, -0.1) is 0 Å². The fourth-order valence-electron chi connectivity index (χ4n) is 6.23. The van der Waals surface area contributed by atoms with Crippen molar-refractivity contribution in [1.29, 1.82) is 0 Å². The SMILES string of the molecule is CC(C)(C)OC(=O)CC[C@]1(C(=O)NNCc2ccccc2Sc2ccccc2)N=C(c2ccc(OCCCO)cc2)O[C@H]1c1ccc(-c2ccccc2)cc1. The average Bonchev–Trinajstić information content (AvgIpc) is 3.59. The summed E-state index contributed by atoms with van der Waals surface area (Å²) in [5.74, 6) is 0.0155. The first-order valence-electron chi connectivity index (χ1n) is 18.5. The maximum atomic E-state index is 14.7. The maximum absolute atomic E-state index is 14.7. The Balaban J connectivity index is 1.32. The highest BCUT2D eigenvalue weighted by Crippen LogP contribution is 2.44. The van der Waals surface area contributed by atoms with Crippen molar-refractivity contribution in [3.8, 4) is 16.9 Å². The highest BCUT2D eigenvalue weighted by atomic mass is 32.2. The van der Waals surface area contributed by atoms with E-state index in [1.54, 1.807) is 23.9 Å². The Hall–Kier alpha value is -5.42. The number of carbonyl (C=O) groups is 2. The number of rotatable bonds is 16. The first-order chi connectivity index (χ1) is 26.6. The minimum absolute atomic E-state index is 0.0207. The molecule has 0 saturated heterocycles.